The van der Waals surface area contributed by atoms with Gasteiger partial charge in [-0.25, -0.2) is 0 Å². The highest BCUT2D eigenvalue weighted by molar-refractivity contribution is 6.16. The van der Waals surface area contributed by atoms with E-state index in [2.05, 4.69) is 12.2 Å². The number of carbonyl (C=O) groups is 2. The molecule has 0 atom stereocenters. The fraction of sp³-hybridized carbons (Fsp3) is 0.267. The molecule has 0 saturated heterocycles. The Morgan fingerprint density at radius 1 is 0.886 bits per heavy atom. The van der Waals surface area contributed by atoms with Crippen LogP contribution < -0.4 is 10.1 Å². The number of ketones is 1. The van der Waals surface area contributed by atoms with Crippen molar-refractivity contribution in [3.63, 3.8) is 0 Å². The van der Waals surface area contributed by atoms with Gasteiger partial charge >= 0.3 is 0 Å². The lowest BCUT2D eigenvalue weighted by atomic mass is 9.98. The number of hydrogen-bond donors (Lipinski definition) is 1. The molecule has 35 heavy (non-hydrogen) atoms. The first-order valence-corrected chi connectivity index (χ1v) is 12.2. The smallest absolute Gasteiger partial charge is 0.220 e. The second-order valence-electron chi connectivity index (χ2n) is 8.57. The van der Waals surface area contributed by atoms with Crippen molar-refractivity contribution < 1.29 is 18.7 Å². The van der Waals surface area contributed by atoms with E-state index in [1.165, 1.54) is 0 Å². The van der Waals surface area contributed by atoms with E-state index in [9.17, 15) is 9.59 Å². The quantitative estimate of drug-likeness (QED) is 0.190. The SMILES string of the molecule is CCCCc1oc2ccccc2c1C(=O)c1ccc(OCCCC(=O)NCc2ccccc2)cc1. The highest BCUT2D eigenvalue weighted by atomic mass is 16.5. The van der Waals surface area contributed by atoms with Gasteiger partial charge in [0.05, 0.1) is 12.2 Å². The van der Waals surface area contributed by atoms with Gasteiger partial charge in [0.25, 0.3) is 0 Å². The zero-order valence-corrected chi connectivity index (χ0v) is 20.1. The van der Waals surface area contributed by atoms with Gasteiger partial charge in [0, 0.05) is 30.3 Å². The molecule has 0 aliphatic carbocycles. The second kappa shape index (κ2) is 12.0. The average Bonchev–Trinajstić information content (AvgIpc) is 3.27. The largest absolute Gasteiger partial charge is 0.494 e. The molecule has 4 aromatic rings. The molecule has 0 aliphatic rings. The first-order chi connectivity index (χ1) is 17.2. The Morgan fingerprint density at radius 2 is 1.63 bits per heavy atom. The summed E-state index contributed by atoms with van der Waals surface area (Å²) in [6, 6.07) is 24.7. The van der Waals surface area contributed by atoms with E-state index >= 15 is 0 Å². The van der Waals surface area contributed by atoms with E-state index in [1.807, 2.05) is 54.6 Å². The van der Waals surface area contributed by atoms with Crippen molar-refractivity contribution in [1.29, 1.82) is 0 Å². The fourth-order valence-electron chi connectivity index (χ4n) is 4.01. The normalized spacial score (nSPS) is 10.9. The van der Waals surface area contributed by atoms with Crippen molar-refractivity contribution in [2.45, 2.75) is 45.6 Å². The summed E-state index contributed by atoms with van der Waals surface area (Å²) in [5, 5.41) is 3.78. The lowest BCUT2D eigenvalue weighted by Gasteiger charge is -2.08. The summed E-state index contributed by atoms with van der Waals surface area (Å²) >= 11 is 0. The van der Waals surface area contributed by atoms with Gasteiger partial charge in [-0.1, -0.05) is 61.9 Å². The summed E-state index contributed by atoms with van der Waals surface area (Å²) in [6.45, 7) is 3.09. The Morgan fingerprint density at radius 3 is 2.40 bits per heavy atom. The molecule has 180 valence electrons. The van der Waals surface area contributed by atoms with Crippen LogP contribution in [0, 0.1) is 0 Å². The number of benzene rings is 3. The predicted molar refractivity (Wildman–Crippen MR) is 138 cm³/mol. The third-order valence-corrected chi connectivity index (χ3v) is 5.92. The number of hydrogen-bond acceptors (Lipinski definition) is 4. The van der Waals surface area contributed by atoms with Gasteiger partial charge in [-0.2, -0.15) is 0 Å². The van der Waals surface area contributed by atoms with Crippen LogP contribution in [0.2, 0.25) is 0 Å². The van der Waals surface area contributed by atoms with Gasteiger partial charge in [0.15, 0.2) is 5.78 Å². The third-order valence-electron chi connectivity index (χ3n) is 5.92. The molecule has 0 bridgehead atoms. The predicted octanol–water partition coefficient (Wildman–Crippen LogP) is 6.48. The molecule has 1 amide bonds. The number of rotatable bonds is 12. The van der Waals surface area contributed by atoms with Crippen LogP contribution in [0.4, 0.5) is 0 Å². The maximum atomic E-state index is 13.4. The lowest BCUT2D eigenvalue weighted by Crippen LogP contribution is -2.22. The molecule has 0 saturated carbocycles. The van der Waals surface area contributed by atoms with Crippen LogP contribution in [0.1, 0.15) is 59.9 Å². The number of carbonyl (C=O) groups excluding carboxylic acids is 2. The van der Waals surface area contributed by atoms with Crippen molar-refractivity contribution in [2.24, 2.45) is 0 Å². The Hall–Kier alpha value is -3.86. The molecule has 0 spiro atoms. The molecule has 5 nitrogen and oxygen atoms in total. The highest BCUT2D eigenvalue weighted by Gasteiger charge is 2.21. The van der Waals surface area contributed by atoms with Crippen LogP contribution in [0.3, 0.4) is 0 Å². The zero-order chi connectivity index (χ0) is 24.5. The molecule has 5 heteroatoms. The number of aryl methyl sites for hydroxylation is 1. The van der Waals surface area contributed by atoms with Crippen LogP contribution in [0.25, 0.3) is 11.0 Å². The van der Waals surface area contributed by atoms with Crippen molar-refractivity contribution >= 4 is 22.7 Å². The average molecular weight is 470 g/mol. The van der Waals surface area contributed by atoms with Crippen LogP contribution in [0.15, 0.2) is 83.3 Å². The second-order valence-corrected chi connectivity index (χ2v) is 8.57. The first kappa shape index (κ1) is 24.3. The van der Waals surface area contributed by atoms with Crippen molar-refractivity contribution in [2.75, 3.05) is 6.61 Å². The van der Waals surface area contributed by atoms with Gasteiger partial charge < -0.3 is 14.5 Å². The minimum Gasteiger partial charge on any atom is -0.494 e. The van der Waals surface area contributed by atoms with Gasteiger partial charge in [-0.15, -0.1) is 0 Å². The Kier molecular flexibility index (Phi) is 8.34. The molecule has 0 radical (unpaired) electrons. The van der Waals surface area contributed by atoms with Gasteiger partial charge in [0.1, 0.15) is 17.1 Å². The summed E-state index contributed by atoms with van der Waals surface area (Å²) in [4.78, 5) is 25.4. The van der Waals surface area contributed by atoms with E-state index in [0.717, 1.165) is 41.6 Å². The van der Waals surface area contributed by atoms with Crippen LogP contribution in [-0.2, 0) is 17.8 Å². The molecule has 3 aromatic carbocycles. The Balaban J connectivity index is 1.30. The summed E-state index contributed by atoms with van der Waals surface area (Å²) in [5.41, 5.74) is 3.08. The van der Waals surface area contributed by atoms with Crippen molar-refractivity contribution in [3.8, 4) is 5.75 Å². The molecule has 1 heterocycles. The first-order valence-electron chi connectivity index (χ1n) is 12.2. The highest BCUT2D eigenvalue weighted by Crippen LogP contribution is 2.29. The van der Waals surface area contributed by atoms with Crippen molar-refractivity contribution in [3.05, 3.63) is 101 Å². The Bertz CT molecular complexity index is 1260. The molecule has 1 aromatic heterocycles. The number of furan rings is 1. The third kappa shape index (κ3) is 6.38. The van der Waals surface area contributed by atoms with Gasteiger partial charge in [-0.3, -0.25) is 9.59 Å². The van der Waals surface area contributed by atoms with Crippen LogP contribution >= 0.6 is 0 Å². The molecule has 1 N–H and O–H groups in total. The van der Waals surface area contributed by atoms with Crippen LogP contribution in [0.5, 0.6) is 5.75 Å². The van der Waals surface area contributed by atoms with Crippen LogP contribution in [-0.4, -0.2) is 18.3 Å². The summed E-state index contributed by atoms with van der Waals surface area (Å²) in [5.74, 6) is 1.39. The van der Waals surface area contributed by atoms with Crippen molar-refractivity contribution in [1.82, 2.24) is 5.32 Å². The summed E-state index contributed by atoms with van der Waals surface area (Å²) in [6.07, 6.45) is 3.76. The molecule has 0 aliphatic heterocycles. The molecule has 0 unspecified atom stereocenters. The topological polar surface area (TPSA) is 68.5 Å². The molecular weight excluding hydrogens is 438 g/mol. The van der Waals surface area contributed by atoms with E-state index in [-0.39, 0.29) is 11.7 Å². The minimum absolute atomic E-state index is 0.00427. The summed E-state index contributed by atoms with van der Waals surface area (Å²) < 4.78 is 11.8. The van der Waals surface area contributed by atoms with E-state index < -0.39 is 0 Å². The van der Waals surface area contributed by atoms with E-state index in [1.54, 1.807) is 24.3 Å². The number of fused-ring (bicyclic) bond motifs is 1. The maximum absolute atomic E-state index is 13.4. The van der Waals surface area contributed by atoms with Gasteiger partial charge in [0.2, 0.25) is 5.91 Å². The number of nitrogens with one attached hydrogen (secondary N) is 1. The molecular formula is C30H31NO4. The van der Waals surface area contributed by atoms with Gasteiger partial charge in [-0.05, 0) is 48.7 Å². The standard InChI is InChI=1S/C30H31NO4/c1-2-3-13-27-29(25-12-7-8-14-26(25)35-27)30(33)23-16-18-24(19-17-23)34-20-9-15-28(32)31-21-22-10-5-4-6-11-22/h4-8,10-12,14,16-19H,2-3,9,13,15,20-21H2,1H3,(H,31,32). The van der Waals surface area contributed by atoms with E-state index in [4.69, 9.17) is 9.15 Å². The number of unbranched alkanes of at least 4 members (excludes halogenated alkanes) is 1. The number of amides is 1. The number of para-hydroxylation sites is 1. The molecule has 4 rings (SSSR count). The maximum Gasteiger partial charge on any atom is 0.220 e. The molecule has 0 fully saturated rings. The minimum atomic E-state index is -0.0392. The lowest BCUT2D eigenvalue weighted by molar-refractivity contribution is -0.121. The van der Waals surface area contributed by atoms with E-state index in [0.29, 0.717) is 42.9 Å². The zero-order valence-electron chi connectivity index (χ0n) is 20.1. The fourth-order valence-corrected chi connectivity index (χ4v) is 4.01. The monoisotopic (exact) mass is 469 g/mol. The summed E-state index contributed by atoms with van der Waals surface area (Å²) in [7, 11) is 0. The number of ether oxygens (including phenoxy) is 1. The Labute approximate surface area is 206 Å².